The summed E-state index contributed by atoms with van der Waals surface area (Å²) >= 11 is 1.80. The molecular formula is C10H18O3S. The number of carboxylic acid groups (broad SMARTS) is 1. The Morgan fingerprint density at radius 1 is 1.43 bits per heavy atom. The molecule has 1 aliphatic heterocycles. The van der Waals surface area contributed by atoms with Gasteiger partial charge in [-0.15, -0.1) is 0 Å². The molecule has 0 spiro atoms. The van der Waals surface area contributed by atoms with Gasteiger partial charge in [0.1, 0.15) is 0 Å². The van der Waals surface area contributed by atoms with Gasteiger partial charge in [0.05, 0.1) is 5.92 Å². The summed E-state index contributed by atoms with van der Waals surface area (Å²) in [5.41, 5.74) is 0. The van der Waals surface area contributed by atoms with Crippen LogP contribution in [-0.2, 0) is 9.53 Å². The molecule has 0 bridgehead atoms. The number of thioether (sulfide) groups is 1. The highest BCUT2D eigenvalue weighted by Crippen LogP contribution is 2.29. The van der Waals surface area contributed by atoms with Crippen molar-refractivity contribution in [1.82, 2.24) is 0 Å². The molecule has 82 valence electrons. The predicted molar refractivity (Wildman–Crippen MR) is 57.7 cm³/mol. The molecule has 1 saturated heterocycles. The van der Waals surface area contributed by atoms with Crippen LogP contribution >= 0.6 is 11.8 Å². The lowest BCUT2D eigenvalue weighted by Gasteiger charge is -2.26. The van der Waals surface area contributed by atoms with Crippen LogP contribution in [0.2, 0.25) is 0 Å². The Bertz CT molecular complexity index is 190. The number of carbonyl (C=O) groups is 1. The number of aliphatic carboxylic acids is 1. The van der Waals surface area contributed by atoms with E-state index in [1.807, 2.05) is 6.92 Å². The maximum absolute atomic E-state index is 10.7. The monoisotopic (exact) mass is 218 g/mol. The first-order valence-electron chi connectivity index (χ1n) is 5.07. The summed E-state index contributed by atoms with van der Waals surface area (Å²) in [7, 11) is 0. The zero-order chi connectivity index (χ0) is 10.6. The van der Waals surface area contributed by atoms with Gasteiger partial charge in [-0.1, -0.05) is 13.8 Å². The van der Waals surface area contributed by atoms with Crippen molar-refractivity contribution in [3.8, 4) is 0 Å². The van der Waals surface area contributed by atoms with Crippen molar-refractivity contribution in [2.75, 3.05) is 13.2 Å². The molecule has 1 aliphatic rings. The zero-order valence-electron chi connectivity index (χ0n) is 8.73. The predicted octanol–water partition coefficient (Wildman–Crippen LogP) is 2.01. The third kappa shape index (κ3) is 3.50. The second-order valence-corrected chi connectivity index (χ2v) is 5.46. The van der Waals surface area contributed by atoms with Crippen molar-refractivity contribution in [2.45, 2.75) is 37.2 Å². The Morgan fingerprint density at radius 2 is 2.00 bits per heavy atom. The lowest BCUT2D eigenvalue weighted by Crippen LogP contribution is -2.25. The maximum atomic E-state index is 10.7. The van der Waals surface area contributed by atoms with Crippen LogP contribution in [-0.4, -0.2) is 34.8 Å². The van der Waals surface area contributed by atoms with Crippen LogP contribution in [0.4, 0.5) is 0 Å². The van der Waals surface area contributed by atoms with E-state index in [2.05, 4.69) is 0 Å². The quantitative estimate of drug-likeness (QED) is 0.784. The smallest absolute Gasteiger partial charge is 0.307 e. The molecule has 1 heterocycles. The third-order valence-electron chi connectivity index (χ3n) is 2.67. The van der Waals surface area contributed by atoms with Gasteiger partial charge in [-0.25, -0.2) is 0 Å². The van der Waals surface area contributed by atoms with Crippen molar-refractivity contribution in [2.24, 2.45) is 5.92 Å². The summed E-state index contributed by atoms with van der Waals surface area (Å²) in [5.74, 6) is -0.958. The van der Waals surface area contributed by atoms with Crippen LogP contribution in [0.3, 0.4) is 0 Å². The minimum Gasteiger partial charge on any atom is -0.481 e. The molecular weight excluding hydrogens is 200 g/mol. The highest BCUT2D eigenvalue weighted by atomic mass is 32.2. The van der Waals surface area contributed by atoms with Gasteiger partial charge >= 0.3 is 5.97 Å². The largest absolute Gasteiger partial charge is 0.481 e. The molecule has 0 amide bonds. The van der Waals surface area contributed by atoms with Gasteiger partial charge in [0.15, 0.2) is 0 Å². The number of ether oxygens (including phenoxy) is 1. The third-order valence-corrected chi connectivity index (χ3v) is 4.36. The van der Waals surface area contributed by atoms with Crippen molar-refractivity contribution < 1.29 is 14.6 Å². The molecule has 0 aromatic rings. The molecule has 1 rings (SSSR count). The molecule has 0 aliphatic carbocycles. The molecule has 0 saturated carbocycles. The van der Waals surface area contributed by atoms with E-state index in [1.165, 1.54) is 0 Å². The van der Waals surface area contributed by atoms with Gasteiger partial charge in [-0.2, -0.15) is 11.8 Å². The first-order valence-corrected chi connectivity index (χ1v) is 6.01. The van der Waals surface area contributed by atoms with E-state index in [1.54, 1.807) is 18.7 Å². The Balaban J connectivity index is 2.31. The van der Waals surface area contributed by atoms with E-state index in [9.17, 15) is 4.79 Å². The average Bonchev–Trinajstić information content (AvgIpc) is 2.18. The normalized spacial score (nSPS) is 23.0. The van der Waals surface area contributed by atoms with Crippen molar-refractivity contribution >= 4 is 17.7 Å². The first-order chi connectivity index (χ1) is 6.61. The fraction of sp³-hybridized carbons (Fsp3) is 0.900. The zero-order valence-corrected chi connectivity index (χ0v) is 9.55. The van der Waals surface area contributed by atoms with E-state index in [4.69, 9.17) is 9.84 Å². The Kier molecular flexibility index (Phi) is 4.75. The highest BCUT2D eigenvalue weighted by molar-refractivity contribution is 8.00. The number of hydrogen-bond acceptors (Lipinski definition) is 3. The van der Waals surface area contributed by atoms with Gasteiger partial charge in [0, 0.05) is 23.7 Å². The summed E-state index contributed by atoms with van der Waals surface area (Å²) in [6, 6.07) is 0. The minimum atomic E-state index is -0.697. The Labute approximate surface area is 89.2 Å². The lowest BCUT2D eigenvalue weighted by molar-refractivity contribution is -0.140. The van der Waals surface area contributed by atoms with E-state index in [0.717, 1.165) is 26.1 Å². The Hall–Kier alpha value is -0.220. The lowest BCUT2D eigenvalue weighted by atomic mass is 10.1. The highest BCUT2D eigenvalue weighted by Gasteiger charge is 2.24. The standard InChI is InChI=1S/C10H18O3S/c1-7(10(11)12)8(2)14-9-3-5-13-6-4-9/h7-9H,3-6H2,1-2H3,(H,11,12). The maximum Gasteiger partial charge on any atom is 0.307 e. The van der Waals surface area contributed by atoms with Gasteiger partial charge in [-0.05, 0) is 12.8 Å². The van der Waals surface area contributed by atoms with E-state index >= 15 is 0 Å². The topological polar surface area (TPSA) is 46.5 Å². The molecule has 1 N–H and O–H groups in total. The van der Waals surface area contributed by atoms with Crippen LogP contribution in [0, 0.1) is 5.92 Å². The molecule has 3 nitrogen and oxygen atoms in total. The van der Waals surface area contributed by atoms with Crippen LogP contribution in [0.5, 0.6) is 0 Å². The van der Waals surface area contributed by atoms with Crippen molar-refractivity contribution in [3.05, 3.63) is 0 Å². The first kappa shape index (κ1) is 11.9. The van der Waals surface area contributed by atoms with Crippen molar-refractivity contribution in [3.63, 3.8) is 0 Å². The van der Waals surface area contributed by atoms with Crippen LogP contribution in [0.15, 0.2) is 0 Å². The molecule has 4 heteroatoms. The van der Waals surface area contributed by atoms with Gasteiger partial charge in [0.2, 0.25) is 0 Å². The van der Waals surface area contributed by atoms with E-state index in [-0.39, 0.29) is 11.2 Å². The molecule has 2 unspecified atom stereocenters. The molecule has 0 aromatic heterocycles. The fourth-order valence-corrected chi connectivity index (χ4v) is 2.86. The SMILES string of the molecule is CC(SC1CCOCC1)C(C)C(=O)O. The summed E-state index contributed by atoms with van der Waals surface area (Å²) in [5, 5.41) is 9.62. The van der Waals surface area contributed by atoms with Crippen molar-refractivity contribution in [1.29, 1.82) is 0 Å². The second kappa shape index (κ2) is 5.61. The van der Waals surface area contributed by atoms with E-state index in [0.29, 0.717) is 5.25 Å². The van der Waals surface area contributed by atoms with Gasteiger partial charge in [-0.3, -0.25) is 4.79 Å². The summed E-state index contributed by atoms with van der Waals surface area (Å²) in [6.45, 7) is 5.43. The number of hydrogen-bond donors (Lipinski definition) is 1. The van der Waals surface area contributed by atoms with E-state index < -0.39 is 5.97 Å². The minimum absolute atomic E-state index is 0.190. The number of carboxylic acids is 1. The van der Waals surface area contributed by atoms with Crippen LogP contribution < -0.4 is 0 Å². The Morgan fingerprint density at radius 3 is 2.50 bits per heavy atom. The summed E-state index contributed by atoms with van der Waals surface area (Å²) < 4.78 is 5.26. The van der Waals surface area contributed by atoms with Crippen LogP contribution in [0.1, 0.15) is 26.7 Å². The number of rotatable bonds is 4. The van der Waals surface area contributed by atoms with Gasteiger partial charge in [0.25, 0.3) is 0 Å². The molecule has 1 fully saturated rings. The molecule has 14 heavy (non-hydrogen) atoms. The van der Waals surface area contributed by atoms with Gasteiger partial charge < -0.3 is 9.84 Å². The molecule has 0 radical (unpaired) electrons. The molecule has 0 aromatic carbocycles. The molecule has 2 atom stereocenters. The average molecular weight is 218 g/mol. The van der Waals surface area contributed by atoms with Crippen LogP contribution in [0.25, 0.3) is 0 Å². The summed E-state index contributed by atoms with van der Waals surface area (Å²) in [6.07, 6.45) is 2.11. The summed E-state index contributed by atoms with van der Waals surface area (Å²) in [4.78, 5) is 10.7. The second-order valence-electron chi connectivity index (χ2n) is 3.78. The fourth-order valence-electron chi connectivity index (χ4n) is 1.43.